The summed E-state index contributed by atoms with van der Waals surface area (Å²) in [5.74, 6) is -3.12. The summed E-state index contributed by atoms with van der Waals surface area (Å²) in [5.41, 5.74) is 2.36. The molecule has 0 saturated heterocycles. The van der Waals surface area contributed by atoms with Gasteiger partial charge in [-0.2, -0.15) is 0 Å². The van der Waals surface area contributed by atoms with Gasteiger partial charge in [0, 0.05) is 19.4 Å². The molecule has 49 heavy (non-hydrogen) atoms. The maximum absolute atomic E-state index is 13.9. The lowest BCUT2D eigenvalue weighted by molar-refractivity contribution is -0.142. The molecule has 0 aliphatic heterocycles. The number of carbonyl (C=O) groups excluding carboxylic acids is 4. The number of hydrogen-bond acceptors (Lipinski definition) is 5. The first kappa shape index (κ1) is 36.1. The van der Waals surface area contributed by atoms with Crippen LogP contribution in [0.15, 0.2) is 116 Å². The van der Waals surface area contributed by atoms with Crippen molar-refractivity contribution >= 4 is 40.4 Å². The number of amides is 4. The zero-order chi connectivity index (χ0) is 35.0. The highest BCUT2D eigenvalue weighted by atomic mass is 16.4. The molecule has 3 atom stereocenters. The van der Waals surface area contributed by atoms with E-state index in [0.29, 0.717) is 19.4 Å². The van der Waals surface area contributed by atoms with E-state index >= 15 is 0 Å². The Morgan fingerprint density at radius 3 is 1.78 bits per heavy atom. The second-order valence-corrected chi connectivity index (χ2v) is 11.8. The molecule has 0 saturated carbocycles. The first-order chi connectivity index (χ1) is 23.7. The lowest BCUT2D eigenvalue weighted by atomic mass is 10.0. The fourth-order valence-electron chi connectivity index (χ4n) is 5.46. The van der Waals surface area contributed by atoms with Crippen LogP contribution in [0.2, 0.25) is 0 Å². The molecule has 4 aromatic carbocycles. The van der Waals surface area contributed by atoms with E-state index in [1.54, 1.807) is 0 Å². The third-order valence-electron chi connectivity index (χ3n) is 8.05. The predicted octanol–water partition coefficient (Wildman–Crippen LogP) is 3.88. The molecule has 0 fully saturated rings. The smallest absolute Gasteiger partial charge is 0.326 e. The molecule has 0 aromatic heterocycles. The van der Waals surface area contributed by atoms with Gasteiger partial charge in [-0.3, -0.25) is 19.2 Å². The number of nitrogens with one attached hydrogen (secondary N) is 4. The van der Waals surface area contributed by atoms with Gasteiger partial charge >= 0.3 is 5.97 Å². The molecule has 4 aromatic rings. The second-order valence-electron chi connectivity index (χ2n) is 11.8. The number of aliphatic carboxylic acids is 1. The van der Waals surface area contributed by atoms with Gasteiger partial charge in [0.15, 0.2) is 0 Å². The van der Waals surface area contributed by atoms with Crippen molar-refractivity contribution in [3.63, 3.8) is 0 Å². The van der Waals surface area contributed by atoms with E-state index < -0.39 is 35.9 Å². The Morgan fingerprint density at radius 2 is 1.18 bits per heavy atom. The third kappa shape index (κ3) is 11.8. The van der Waals surface area contributed by atoms with Crippen LogP contribution in [0.5, 0.6) is 0 Å². The monoisotopic (exact) mass is 662 g/mol. The van der Waals surface area contributed by atoms with Crippen LogP contribution in [0.3, 0.4) is 0 Å². The predicted molar refractivity (Wildman–Crippen MR) is 188 cm³/mol. The number of hydrogen-bond donors (Lipinski definition) is 5. The topological polar surface area (TPSA) is 154 Å². The molecule has 0 aliphatic rings. The first-order valence-electron chi connectivity index (χ1n) is 16.3. The van der Waals surface area contributed by atoms with Gasteiger partial charge < -0.3 is 26.4 Å². The Hall–Kier alpha value is -5.77. The number of fused-ring (bicyclic) bond motifs is 1. The van der Waals surface area contributed by atoms with E-state index in [4.69, 9.17) is 0 Å². The van der Waals surface area contributed by atoms with Crippen LogP contribution in [0.1, 0.15) is 36.0 Å². The van der Waals surface area contributed by atoms with Crippen LogP contribution >= 0.6 is 0 Å². The van der Waals surface area contributed by atoms with Gasteiger partial charge in [0.05, 0.1) is 6.42 Å². The number of carboxylic acids is 1. The summed E-state index contributed by atoms with van der Waals surface area (Å²) in [6, 6.07) is 28.6. The van der Waals surface area contributed by atoms with Crippen molar-refractivity contribution in [2.45, 2.75) is 56.7 Å². The van der Waals surface area contributed by atoms with Crippen LogP contribution in [-0.2, 0) is 43.2 Å². The van der Waals surface area contributed by atoms with Gasteiger partial charge in [-0.05, 0) is 52.8 Å². The van der Waals surface area contributed by atoms with Gasteiger partial charge in [-0.1, -0.05) is 110 Å². The molecule has 254 valence electrons. The largest absolute Gasteiger partial charge is 0.480 e. The molecule has 0 unspecified atom stereocenters. The van der Waals surface area contributed by atoms with Crippen molar-refractivity contribution in [1.29, 1.82) is 0 Å². The number of carboxylic acid groups (broad SMARTS) is 1. The molecule has 0 radical (unpaired) electrons. The van der Waals surface area contributed by atoms with Gasteiger partial charge in [0.1, 0.15) is 18.1 Å². The number of carbonyl (C=O) groups is 5. The van der Waals surface area contributed by atoms with E-state index in [-0.39, 0.29) is 37.5 Å². The fraction of sp³-hybridized carbons (Fsp3) is 0.256. The van der Waals surface area contributed by atoms with E-state index in [9.17, 15) is 29.1 Å². The summed E-state index contributed by atoms with van der Waals surface area (Å²) >= 11 is 0. The Balaban J connectivity index is 1.48. The molecule has 0 bridgehead atoms. The second kappa shape index (κ2) is 18.5. The minimum absolute atomic E-state index is 0.0505. The molecule has 10 heteroatoms. The average Bonchev–Trinajstić information content (AvgIpc) is 3.10. The molecular weight excluding hydrogens is 620 g/mol. The van der Waals surface area contributed by atoms with Crippen LogP contribution in [0, 0.1) is 0 Å². The minimum atomic E-state index is -1.21. The summed E-state index contributed by atoms with van der Waals surface area (Å²) in [7, 11) is 0. The molecular formula is C39H42N4O6. The molecule has 0 aliphatic carbocycles. The zero-order valence-corrected chi connectivity index (χ0v) is 27.3. The van der Waals surface area contributed by atoms with Crippen molar-refractivity contribution < 1.29 is 29.1 Å². The van der Waals surface area contributed by atoms with Crippen LogP contribution in [-0.4, -0.2) is 59.4 Å². The van der Waals surface area contributed by atoms with E-state index in [2.05, 4.69) is 27.8 Å². The Bertz CT molecular complexity index is 1740. The summed E-state index contributed by atoms with van der Waals surface area (Å²) in [6.07, 6.45) is 2.53. The summed E-state index contributed by atoms with van der Waals surface area (Å²) in [4.78, 5) is 64.3. The van der Waals surface area contributed by atoms with Gasteiger partial charge in [0.2, 0.25) is 23.6 Å². The van der Waals surface area contributed by atoms with Crippen molar-refractivity contribution in [3.8, 4) is 0 Å². The number of rotatable bonds is 18. The Labute approximate surface area is 286 Å². The van der Waals surface area contributed by atoms with Crippen LogP contribution < -0.4 is 21.3 Å². The van der Waals surface area contributed by atoms with E-state index in [1.807, 2.05) is 103 Å². The lowest BCUT2D eigenvalue weighted by Crippen LogP contribution is -2.57. The SMILES string of the molecule is C=CC(=O)NCCCC[C@H](NC(=O)[C@H](Cc1ccccc1)NC(=O)[C@H](Cc1ccccc1)NC(=O)Cc1ccc2ccccc2c1)C(=O)O. The highest BCUT2D eigenvalue weighted by Crippen LogP contribution is 2.16. The molecule has 0 spiro atoms. The maximum Gasteiger partial charge on any atom is 0.326 e. The van der Waals surface area contributed by atoms with Crippen LogP contribution in [0.4, 0.5) is 0 Å². The normalized spacial score (nSPS) is 12.6. The lowest BCUT2D eigenvalue weighted by Gasteiger charge is -2.25. The maximum atomic E-state index is 13.9. The van der Waals surface area contributed by atoms with Gasteiger partial charge in [-0.25, -0.2) is 4.79 Å². The molecule has 4 amide bonds. The molecule has 0 heterocycles. The highest BCUT2D eigenvalue weighted by molar-refractivity contribution is 5.94. The van der Waals surface area contributed by atoms with Crippen molar-refractivity contribution in [2.24, 2.45) is 0 Å². The van der Waals surface area contributed by atoms with E-state index in [1.165, 1.54) is 0 Å². The summed E-state index contributed by atoms with van der Waals surface area (Å²) < 4.78 is 0. The first-order valence-corrected chi connectivity index (χ1v) is 16.3. The summed E-state index contributed by atoms with van der Waals surface area (Å²) in [6.45, 7) is 3.73. The number of benzene rings is 4. The Morgan fingerprint density at radius 1 is 0.633 bits per heavy atom. The molecule has 4 rings (SSSR count). The van der Waals surface area contributed by atoms with Gasteiger partial charge in [0.25, 0.3) is 0 Å². The molecule has 10 nitrogen and oxygen atoms in total. The zero-order valence-electron chi connectivity index (χ0n) is 27.3. The highest BCUT2D eigenvalue weighted by Gasteiger charge is 2.30. The summed E-state index contributed by atoms with van der Waals surface area (Å²) in [5, 5.41) is 22.8. The quantitative estimate of drug-likeness (QED) is 0.0806. The van der Waals surface area contributed by atoms with Crippen molar-refractivity contribution in [1.82, 2.24) is 21.3 Å². The number of unbranched alkanes of at least 4 members (excludes halogenated alkanes) is 1. The standard InChI is InChI=1S/C39H42N4O6/c1-2-35(44)40-22-12-11-19-32(39(48)49)42-38(47)34(25-28-15-7-4-8-16-28)43-37(46)33(24-27-13-5-3-6-14-27)41-36(45)26-29-20-21-30-17-9-10-18-31(30)23-29/h2-10,13-18,20-21,23,32-34H,1,11-12,19,22,24-26H2,(H,40,44)(H,41,45)(H,42,47)(H,43,46)(H,48,49)/t32-,33-,34-/m0/s1. The van der Waals surface area contributed by atoms with E-state index in [0.717, 1.165) is 33.5 Å². The third-order valence-corrected chi connectivity index (χ3v) is 8.05. The molecule has 5 N–H and O–H groups in total. The van der Waals surface area contributed by atoms with Gasteiger partial charge in [-0.15, -0.1) is 0 Å². The van der Waals surface area contributed by atoms with Crippen molar-refractivity contribution in [2.75, 3.05) is 6.54 Å². The van der Waals surface area contributed by atoms with Crippen molar-refractivity contribution in [3.05, 3.63) is 132 Å². The van der Waals surface area contributed by atoms with Crippen LogP contribution in [0.25, 0.3) is 10.8 Å². The Kier molecular flexibility index (Phi) is 13.6. The minimum Gasteiger partial charge on any atom is -0.480 e. The fourth-order valence-corrected chi connectivity index (χ4v) is 5.46. The average molecular weight is 663 g/mol.